The van der Waals surface area contributed by atoms with E-state index < -0.39 is 21.5 Å². The SMILES string of the molecule is COC(=O)C(C)(C)NC(=O)C1CCN(S(=O)(=O)c2c(C)c(C)cc(C)c2C)CC1. The summed E-state index contributed by atoms with van der Waals surface area (Å²) in [5, 5.41) is 2.71. The fourth-order valence-corrected chi connectivity index (χ4v) is 5.82. The van der Waals surface area contributed by atoms with Crippen LogP contribution in [0.2, 0.25) is 0 Å². The number of esters is 1. The molecule has 1 aromatic carbocycles. The average Bonchev–Trinajstić information content (AvgIpc) is 2.65. The molecular formula is C21H32N2O5S. The van der Waals surface area contributed by atoms with Gasteiger partial charge in [0.05, 0.1) is 12.0 Å². The smallest absolute Gasteiger partial charge is 0.330 e. The van der Waals surface area contributed by atoms with Crippen LogP contribution in [0.15, 0.2) is 11.0 Å². The van der Waals surface area contributed by atoms with Gasteiger partial charge in [0.2, 0.25) is 15.9 Å². The van der Waals surface area contributed by atoms with Gasteiger partial charge in [0.25, 0.3) is 0 Å². The number of ether oxygens (including phenoxy) is 1. The molecule has 1 fully saturated rings. The number of hydrogen-bond donors (Lipinski definition) is 1. The van der Waals surface area contributed by atoms with E-state index >= 15 is 0 Å². The van der Waals surface area contributed by atoms with Gasteiger partial charge in [-0.3, -0.25) is 4.79 Å². The molecule has 8 heteroatoms. The quantitative estimate of drug-likeness (QED) is 0.733. The molecule has 1 N–H and O–H groups in total. The lowest BCUT2D eigenvalue weighted by atomic mass is 9.95. The van der Waals surface area contributed by atoms with Gasteiger partial charge in [0, 0.05) is 19.0 Å². The maximum atomic E-state index is 13.3. The van der Waals surface area contributed by atoms with Crippen LogP contribution in [-0.4, -0.2) is 50.3 Å². The van der Waals surface area contributed by atoms with Crippen LogP contribution in [0.1, 0.15) is 48.9 Å². The van der Waals surface area contributed by atoms with E-state index in [1.54, 1.807) is 13.8 Å². The summed E-state index contributed by atoms with van der Waals surface area (Å²) >= 11 is 0. The molecule has 1 aromatic rings. The highest BCUT2D eigenvalue weighted by Crippen LogP contribution is 2.31. The van der Waals surface area contributed by atoms with Crippen molar-refractivity contribution in [3.8, 4) is 0 Å². The van der Waals surface area contributed by atoms with Crippen LogP contribution in [0.5, 0.6) is 0 Å². The summed E-state index contributed by atoms with van der Waals surface area (Å²) in [5.74, 6) is -1.12. The first-order valence-electron chi connectivity index (χ1n) is 9.81. The van der Waals surface area contributed by atoms with Gasteiger partial charge < -0.3 is 10.1 Å². The molecule has 0 atom stereocenters. The van der Waals surface area contributed by atoms with Crippen molar-refractivity contribution in [3.05, 3.63) is 28.3 Å². The fourth-order valence-electron chi connectivity index (χ4n) is 3.77. The first-order valence-corrected chi connectivity index (χ1v) is 11.2. The summed E-state index contributed by atoms with van der Waals surface area (Å²) in [4.78, 5) is 24.7. The Balaban J connectivity index is 2.15. The van der Waals surface area contributed by atoms with Crippen LogP contribution in [0.3, 0.4) is 0 Å². The molecule has 0 saturated carbocycles. The zero-order valence-electron chi connectivity index (χ0n) is 18.4. The van der Waals surface area contributed by atoms with E-state index in [1.165, 1.54) is 11.4 Å². The van der Waals surface area contributed by atoms with Crippen molar-refractivity contribution < 1.29 is 22.7 Å². The number of nitrogens with one attached hydrogen (secondary N) is 1. The Bertz CT molecular complexity index is 887. The highest BCUT2D eigenvalue weighted by molar-refractivity contribution is 7.89. The number of rotatable bonds is 5. The van der Waals surface area contributed by atoms with Gasteiger partial charge in [0.1, 0.15) is 5.54 Å². The maximum absolute atomic E-state index is 13.3. The molecule has 1 aliphatic rings. The van der Waals surface area contributed by atoms with Crippen molar-refractivity contribution in [3.63, 3.8) is 0 Å². The Labute approximate surface area is 173 Å². The second-order valence-electron chi connectivity index (χ2n) is 8.37. The average molecular weight is 425 g/mol. The molecule has 0 unspecified atom stereocenters. The van der Waals surface area contributed by atoms with Crippen LogP contribution < -0.4 is 5.32 Å². The van der Waals surface area contributed by atoms with E-state index in [-0.39, 0.29) is 24.9 Å². The molecule has 1 heterocycles. The van der Waals surface area contributed by atoms with Crippen molar-refractivity contribution in [1.29, 1.82) is 0 Å². The summed E-state index contributed by atoms with van der Waals surface area (Å²) in [6.45, 7) is 11.2. The minimum atomic E-state index is -3.64. The first-order chi connectivity index (χ1) is 13.3. The lowest BCUT2D eigenvalue weighted by Crippen LogP contribution is -2.53. The molecule has 162 valence electrons. The van der Waals surface area contributed by atoms with Crippen molar-refractivity contribution in [2.24, 2.45) is 5.92 Å². The molecule has 1 aliphatic heterocycles. The Morgan fingerprint density at radius 3 is 2.00 bits per heavy atom. The third kappa shape index (κ3) is 4.64. The van der Waals surface area contributed by atoms with Gasteiger partial charge in [-0.15, -0.1) is 0 Å². The molecule has 1 amide bonds. The van der Waals surface area contributed by atoms with Crippen molar-refractivity contribution in [2.75, 3.05) is 20.2 Å². The standard InChI is InChI=1S/C21H32N2O5S/c1-13-12-14(2)16(4)18(15(13)3)29(26,27)23-10-8-17(9-11-23)19(24)22-21(5,6)20(25)28-7/h12,17H,8-11H2,1-7H3,(H,22,24). The molecule has 0 radical (unpaired) electrons. The summed E-state index contributed by atoms with van der Waals surface area (Å²) in [6.07, 6.45) is 0.816. The molecule has 0 spiro atoms. The van der Waals surface area contributed by atoms with Crippen molar-refractivity contribution in [2.45, 2.75) is 64.8 Å². The topological polar surface area (TPSA) is 92.8 Å². The Hall–Kier alpha value is -1.93. The molecular weight excluding hydrogens is 392 g/mol. The lowest BCUT2D eigenvalue weighted by molar-refractivity contribution is -0.150. The minimum absolute atomic E-state index is 0.254. The number of sulfonamides is 1. The summed E-state index contributed by atoms with van der Waals surface area (Å²) in [7, 11) is -2.37. The molecule has 29 heavy (non-hydrogen) atoms. The number of nitrogens with zero attached hydrogens (tertiary/aromatic N) is 1. The largest absolute Gasteiger partial charge is 0.467 e. The zero-order chi connectivity index (χ0) is 22.1. The van der Waals surface area contributed by atoms with E-state index in [1.807, 2.05) is 33.8 Å². The number of amides is 1. The highest BCUT2D eigenvalue weighted by Gasteiger charge is 2.37. The zero-order valence-corrected chi connectivity index (χ0v) is 19.2. The molecule has 0 aliphatic carbocycles. The van der Waals surface area contributed by atoms with Crippen LogP contribution in [0.4, 0.5) is 0 Å². The Kier molecular flexibility index (Phi) is 6.79. The Morgan fingerprint density at radius 1 is 1.07 bits per heavy atom. The maximum Gasteiger partial charge on any atom is 0.330 e. The van der Waals surface area contributed by atoms with E-state index in [0.717, 1.165) is 22.3 Å². The highest BCUT2D eigenvalue weighted by atomic mass is 32.2. The number of hydrogen-bond acceptors (Lipinski definition) is 5. The van der Waals surface area contributed by atoms with Crippen LogP contribution in [-0.2, 0) is 24.3 Å². The molecule has 0 aromatic heterocycles. The number of piperidine rings is 1. The summed E-state index contributed by atoms with van der Waals surface area (Å²) in [6, 6.07) is 2.00. The van der Waals surface area contributed by atoms with E-state index in [2.05, 4.69) is 5.32 Å². The Morgan fingerprint density at radius 2 is 1.55 bits per heavy atom. The predicted octanol–water partition coefficient (Wildman–Crippen LogP) is 2.39. The van der Waals surface area contributed by atoms with Crippen LogP contribution in [0, 0.1) is 33.6 Å². The number of aryl methyl sites for hydroxylation is 2. The van der Waals surface area contributed by atoms with Gasteiger partial charge in [-0.1, -0.05) is 6.07 Å². The molecule has 0 bridgehead atoms. The second-order valence-corrected chi connectivity index (χ2v) is 10.2. The van der Waals surface area contributed by atoms with Gasteiger partial charge in [-0.25, -0.2) is 13.2 Å². The number of carbonyl (C=O) groups excluding carboxylic acids is 2. The van der Waals surface area contributed by atoms with Gasteiger partial charge in [-0.05, 0) is 76.6 Å². The number of carbonyl (C=O) groups is 2. The van der Waals surface area contributed by atoms with Crippen LogP contribution >= 0.6 is 0 Å². The predicted molar refractivity (Wildman–Crippen MR) is 111 cm³/mol. The van der Waals surface area contributed by atoms with Gasteiger partial charge in [-0.2, -0.15) is 4.31 Å². The molecule has 2 rings (SSSR count). The number of benzene rings is 1. The molecule has 7 nitrogen and oxygen atoms in total. The van der Waals surface area contributed by atoms with E-state index in [0.29, 0.717) is 17.7 Å². The van der Waals surface area contributed by atoms with E-state index in [9.17, 15) is 18.0 Å². The monoisotopic (exact) mass is 424 g/mol. The third-order valence-corrected chi connectivity index (χ3v) is 8.02. The summed E-state index contributed by atoms with van der Waals surface area (Å²) < 4.78 is 32.8. The lowest BCUT2D eigenvalue weighted by Gasteiger charge is -2.33. The second kappa shape index (κ2) is 8.44. The van der Waals surface area contributed by atoms with E-state index in [4.69, 9.17) is 4.74 Å². The number of methoxy groups -OCH3 is 1. The van der Waals surface area contributed by atoms with Crippen molar-refractivity contribution in [1.82, 2.24) is 9.62 Å². The van der Waals surface area contributed by atoms with Crippen LogP contribution in [0.25, 0.3) is 0 Å². The fraction of sp³-hybridized carbons (Fsp3) is 0.619. The minimum Gasteiger partial charge on any atom is -0.467 e. The summed E-state index contributed by atoms with van der Waals surface area (Å²) in [5.41, 5.74) is 2.32. The molecule has 1 saturated heterocycles. The third-order valence-electron chi connectivity index (χ3n) is 5.85. The van der Waals surface area contributed by atoms with Crippen molar-refractivity contribution >= 4 is 21.9 Å². The van der Waals surface area contributed by atoms with Gasteiger partial charge in [0.15, 0.2) is 0 Å². The normalized spacial score (nSPS) is 16.5. The van der Waals surface area contributed by atoms with Gasteiger partial charge >= 0.3 is 5.97 Å². The first kappa shape index (κ1) is 23.3.